The van der Waals surface area contributed by atoms with Gasteiger partial charge in [-0.15, -0.1) is 0 Å². The molecule has 0 saturated carbocycles. The fourth-order valence-electron chi connectivity index (χ4n) is 2.26. The summed E-state index contributed by atoms with van der Waals surface area (Å²) in [7, 11) is 2.41. The summed E-state index contributed by atoms with van der Waals surface area (Å²) in [5.74, 6) is -2.10. The lowest BCUT2D eigenvalue weighted by Gasteiger charge is -2.12. The third-order valence-electron chi connectivity index (χ3n) is 3.64. The molecule has 0 atom stereocenters. The Morgan fingerprint density at radius 1 is 0.926 bits per heavy atom. The first-order chi connectivity index (χ1) is 12.9. The summed E-state index contributed by atoms with van der Waals surface area (Å²) in [5, 5.41) is 3.12. The van der Waals surface area contributed by atoms with E-state index < -0.39 is 23.9 Å². The Labute approximate surface area is 161 Å². The fraction of sp³-hybridized carbons (Fsp3) is 0.211. The van der Waals surface area contributed by atoms with Crippen LogP contribution >= 0.6 is 11.6 Å². The van der Waals surface area contributed by atoms with Crippen LogP contribution in [0.1, 0.15) is 5.56 Å². The molecule has 0 aliphatic heterocycles. The number of carbonyl (C=O) groups excluding carboxylic acids is 3. The van der Waals surface area contributed by atoms with Crippen LogP contribution in [-0.2, 0) is 25.5 Å². The molecule has 8 heteroatoms. The van der Waals surface area contributed by atoms with E-state index in [9.17, 15) is 14.4 Å². The molecule has 27 heavy (non-hydrogen) atoms. The fourth-order valence-corrected chi connectivity index (χ4v) is 2.39. The van der Waals surface area contributed by atoms with Crippen LogP contribution in [0.2, 0.25) is 5.02 Å². The number of ether oxygens (including phenoxy) is 3. The largest absolute Gasteiger partial charge is 0.468 e. The molecule has 0 radical (unpaired) electrons. The quantitative estimate of drug-likeness (QED) is 0.599. The van der Waals surface area contributed by atoms with Gasteiger partial charge in [-0.25, -0.2) is 4.79 Å². The molecule has 0 spiro atoms. The molecule has 0 unspecified atom stereocenters. The van der Waals surface area contributed by atoms with Gasteiger partial charge in [0.15, 0.2) is 5.92 Å². The number of carbonyl (C=O) groups is 3. The number of rotatable bonds is 6. The van der Waals surface area contributed by atoms with Crippen molar-refractivity contribution in [3.05, 3.63) is 59.1 Å². The Morgan fingerprint density at radius 2 is 1.48 bits per heavy atom. The highest BCUT2D eigenvalue weighted by Crippen LogP contribution is 2.18. The number of nitrogens with one attached hydrogen (secondary N) is 1. The number of benzene rings is 2. The second-order valence-electron chi connectivity index (χ2n) is 5.47. The zero-order valence-corrected chi connectivity index (χ0v) is 15.5. The number of amides is 1. The van der Waals surface area contributed by atoms with E-state index in [-0.39, 0.29) is 6.42 Å². The second kappa shape index (κ2) is 9.59. The molecular weight excluding hydrogens is 374 g/mol. The molecule has 0 saturated heterocycles. The van der Waals surface area contributed by atoms with E-state index >= 15 is 0 Å². The third-order valence-corrected chi connectivity index (χ3v) is 3.89. The van der Waals surface area contributed by atoms with Gasteiger partial charge in [-0.2, -0.15) is 0 Å². The summed E-state index contributed by atoms with van der Waals surface area (Å²) in [6.45, 7) is 0. The highest BCUT2D eigenvalue weighted by Gasteiger charge is 2.28. The highest BCUT2D eigenvalue weighted by atomic mass is 35.5. The molecule has 7 nitrogen and oxygen atoms in total. The van der Waals surface area contributed by atoms with E-state index in [0.29, 0.717) is 22.0 Å². The molecule has 1 amide bonds. The minimum atomic E-state index is -1.06. The lowest BCUT2D eigenvalue weighted by molar-refractivity contribution is -0.158. The lowest BCUT2D eigenvalue weighted by atomic mass is 9.99. The Morgan fingerprint density at radius 3 is 2.00 bits per heavy atom. The van der Waals surface area contributed by atoms with Crippen LogP contribution < -0.4 is 10.1 Å². The molecule has 0 aromatic heterocycles. The Bertz CT molecular complexity index is 788. The molecule has 2 aromatic rings. The molecule has 1 N–H and O–H groups in total. The Balaban J connectivity index is 1.97. The predicted octanol–water partition coefficient (Wildman–Crippen LogP) is 3.46. The standard InChI is InChI=1S/C19H18ClNO6/c1-25-17(22)16(18(23)26-2)11-12-3-9-15(10-4-12)27-19(24)21-14-7-5-13(20)6-8-14/h3-10,16H,11H2,1-2H3,(H,21,24). The maximum absolute atomic E-state index is 11.9. The molecule has 0 aliphatic rings. The van der Waals surface area contributed by atoms with Crippen LogP contribution in [0.3, 0.4) is 0 Å². The highest BCUT2D eigenvalue weighted by molar-refractivity contribution is 6.30. The van der Waals surface area contributed by atoms with Crippen molar-refractivity contribution in [1.29, 1.82) is 0 Å². The monoisotopic (exact) mass is 391 g/mol. The van der Waals surface area contributed by atoms with Crippen molar-refractivity contribution in [3.8, 4) is 5.75 Å². The van der Waals surface area contributed by atoms with Crippen LogP contribution in [0.5, 0.6) is 5.75 Å². The van der Waals surface area contributed by atoms with Gasteiger partial charge in [0.05, 0.1) is 14.2 Å². The average Bonchev–Trinajstić information content (AvgIpc) is 2.68. The summed E-state index contributed by atoms with van der Waals surface area (Å²) in [5.41, 5.74) is 1.22. The zero-order chi connectivity index (χ0) is 19.8. The first kappa shape index (κ1) is 20.3. The summed E-state index contributed by atoms with van der Waals surface area (Å²) in [6, 6.07) is 13.0. The van der Waals surface area contributed by atoms with E-state index in [4.69, 9.17) is 16.3 Å². The Kier molecular flexibility index (Phi) is 7.19. The van der Waals surface area contributed by atoms with Crippen molar-refractivity contribution in [2.24, 2.45) is 5.92 Å². The van der Waals surface area contributed by atoms with Gasteiger partial charge in [0.25, 0.3) is 0 Å². The molecule has 142 valence electrons. The van der Waals surface area contributed by atoms with Crippen LogP contribution in [0.15, 0.2) is 48.5 Å². The smallest absolute Gasteiger partial charge is 0.417 e. The number of anilines is 1. The number of hydrogen-bond donors (Lipinski definition) is 1. The van der Waals surface area contributed by atoms with Gasteiger partial charge < -0.3 is 14.2 Å². The average molecular weight is 392 g/mol. The third kappa shape index (κ3) is 6.00. The molecule has 2 rings (SSSR count). The number of esters is 2. The van der Waals surface area contributed by atoms with Crippen LogP contribution in [0.4, 0.5) is 10.5 Å². The van der Waals surface area contributed by atoms with E-state index in [1.165, 1.54) is 14.2 Å². The van der Waals surface area contributed by atoms with Crippen molar-refractivity contribution in [1.82, 2.24) is 0 Å². The van der Waals surface area contributed by atoms with E-state index in [2.05, 4.69) is 14.8 Å². The van der Waals surface area contributed by atoms with Gasteiger partial charge in [-0.3, -0.25) is 14.9 Å². The van der Waals surface area contributed by atoms with E-state index in [0.717, 1.165) is 0 Å². The van der Waals surface area contributed by atoms with Gasteiger partial charge in [-0.05, 0) is 48.4 Å². The topological polar surface area (TPSA) is 90.9 Å². The number of hydrogen-bond acceptors (Lipinski definition) is 6. The van der Waals surface area contributed by atoms with Crippen LogP contribution in [0.25, 0.3) is 0 Å². The minimum Gasteiger partial charge on any atom is -0.468 e. The molecule has 0 heterocycles. The second-order valence-corrected chi connectivity index (χ2v) is 5.90. The van der Waals surface area contributed by atoms with E-state index in [1.54, 1.807) is 48.5 Å². The van der Waals surface area contributed by atoms with Gasteiger partial charge in [-0.1, -0.05) is 23.7 Å². The first-order valence-corrected chi connectivity index (χ1v) is 8.29. The van der Waals surface area contributed by atoms with Gasteiger partial charge in [0.2, 0.25) is 0 Å². The van der Waals surface area contributed by atoms with Crippen molar-refractivity contribution in [3.63, 3.8) is 0 Å². The van der Waals surface area contributed by atoms with Crippen molar-refractivity contribution in [2.45, 2.75) is 6.42 Å². The maximum atomic E-state index is 11.9. The van der Waals surface area contributed by atoms with Gasteiger partial charge >= 0.3 is 18.0 Å². The Hall–Kier alpha value is -3.06. The summed E-state index contributed by atoms with van der Waals surface area (Å²) in [6.07, 6.45) is -0.552. The van der Waals surface area contributed by atoms with E-state index in [1.807, 2.05) is 0 Å². The molecule has 2 aromatic carbocycles. The maximum Gasteiger partial charge on any atom is 0.417 e. The normalized spacial score (nSPS) is 10.2. The predicted molar refractivity (Wildman–Crippen MR) is 98.8 cm³/mol. The summed E-state index contributed by atoms with van der Waals surface area (Å²) < 4.78 is 14.4. The van der Waals surface area contributed by atoms with Crippen LogP contribution in [-0.4, -0.2) is 32.3 Å². The molecular formula is C19H18ClNO6. The SMILES string of the molecule is COC(=O)C(Cc1ccc(OC(=O)Nc2ccc(Cl)cc2)cc1)C(=O)OC. The van der Waals surface area contributed by atoms with Crippen molar-refractivity contribution in [2.75, 3.05) is 19.5 Å². The van der Waals surface area contributed by atoms with Crippen molar-refractivity contribution < 1.29 is 28.6 Å². The van der Waals surface area contributed by atoms with Crippen molar-refractivity contribution >= 4 is 35.3 Å². The molecule has 0 bridgehead atoms. The minimum absolute atomic E-state index is 0.108. The molecule has 0 fully saturated rings. The van der Waals surface area contributed by atoms with Gasteiger partial charge in [0, 0.05) is 10.7 Å². The molecule has 0 aliphatic carbocycles. The number of halogens is 1. The zero-order valence-electron chi connectivity index (χ0n) is 14.7. The van der Waals surface area contributed by atoms with Gasteiger partial charge in [0.1, 0.15) is 5.75 Å². The van der Waals surface area contributed by atoms with Crippen LogP contribution in [0, 0.1) is 5.92 Å². The summed E-state index contributed by atoms with van der Waals surface area (Å²) in [4.78, 5) is 35.3. The lowest BCUT2D eigenvalue weighted by Crippen LogP contribution is -2.28. The summed E-state index contributed by atoms with van der Waals surface area (Å²) >= 11 is 5.78. The number of methoxy groups -OCH3 is 2. The first-order valence-electron chi connectivity index (χ1n) is 7.92.